The van der Waals surface area contributed by atoms with Crippen molar-refractivity contribution in [1.29, 1.82) is 0 Å². The summed E-state index contributed by atoms with van der Waals surface area (Å²) in [6.45, 7) is 5.38. The van der Waals surface area contributed by atoms with Crippen molar-refractivity contribution in [2.75, 3.05) is 47.1 Å². The molecule has 2 aromatic heterocycles. The number of aliphatic hydroxyl groups is 1. The number of oxime groups is 2. The van der Waals surface area contributed by atoms with Crippen LogP contribution in [0.1, 0.15) is 65.4 Å². The van der Waals surface area contributed by atoms with Crippen LogP contribution in [-0.4, -0.2) is 92.8 Å². The van der Waals surface area contributed by atoms with E-state index in [0.29, 0.717) is 29.5 Å². The number of aryl methyl sites for hydroxylation is 2. The van der Waals surface area contributed by atoms with Gasteiger partial charge in [-0.2, -0.15) is 0 Å². The van der Waals surface area contributed by atoms with Crippen molar-refractivity contribution in [1.82, 2.24) is 28.9 Å². The van der Waals surface area contributed by atoms with Gasteiger partial charge in [-0.15, -0.1) is 0 Å². The summed E-state index contributed by atoms with van der Waals surface area (Å²) in [6, 6.07) is 19.7. The Kier molecular flexibility index (Phi) is 13.1. The van der Waals surface area contributed by atoms with Crippen LogP contribution in [0.25, 0.3) is 23.5 Å². The fourth-order valence-corrected chi connectivity index (χ4v) is 9.18. The lowest BCUT2D eigenvalue weighted by molar-refractivity contribution is -0.0383. The Hall–Kier alpha value is -7.40. The normalized spacial score (nSPS) is 20.0. The first kappa shape index (κ1) is 45.7. The van der Waals surface area contributed by atoms with Crippen molar-refractivity contribution in [2.24, 2.45) is 10.3 Å². The van der Waals surface area contributed by atoms with Crippen LogP contribution in [-0.2, 0) is 15.2 Å². The largest absolute Gasteiger partial charge is 0.495 e. The number of imidazole rings is 2. The van der Waals surface area contributed by atoms with Crippen LogP contribution >= 0.6 is 0 Å². The number of piperidine rings is 2. The Morgan fingerprint density at radius 1 is 0.721 bits per heavy atom. The molecule has 0 radical (unpaired) electrons. The molecule has 2 atom stereocenters. The molecule has 1 N–H and O–H groups in total. The number of halogens is 4. The van der Waals surface area contributed by atoms with Crippen LogP contribution in [0.2, 0.25) is 0 Å². The molecule has 4 aliphatic rings. The number of nitrogens with zero attached hydrogens (tertiary/aromatic N) is 8. The molecule has 6 heterocycles. The van der Waals surface area contributed by atoms with Gasteiger partial charge in [0.25, 0.3) is 0 Å². The summed E-state index contributed by atoms with van der Waals surface area (Å²) in [5, 5.41) is 19.1. The molecule has 0 bridgehead atoms. The summed E-state index contributed by atoms with van der Waals surface area (Å²) >= 11 is 0. The Balaban J connectivity index is 0.000000170. The fourth-order valence-electron chi connectivity index (χ4n) is 9.18. The minimum absolute atomic E-state index is 0.119. The van der Waals surface area contributed by atoms with Crippen LogP contribution in [0, 0.1) is 37.1 Å². The van der Waals surface area contributed by atoms with Crippen molar-refractivity contribution >= 4 is 23.8 Å². The zero-order chi connectivity index (χ0) is 47.5. The number of hydrogen-bond acceptors (Lipinski definition) is 11. The van der Waals surface area contributed by atoms with Crippen LogP contribution < -0.4 is 9.47 Å². The van der Waals surface area contributed by atoms with Crippen LogP contribution in [0.15, 0.2) is 119 Å². The number of rotatable bonds is 9. The SMILES string of the molecule is COc1cc(/C=C2\CCCN3C2=NOCC3(CO)c2ccc(F)cc2)ccc1-n1cnc(C)c1.COc1cc(/C=C2\CCCN3C2=NOCC3c2cc(F)c(F)c(F)c2)ccc1-n1cnc(C)c1. The van der Waals surface area contributed by atoms with Gasteiger partial charge in [0, 0.05) is 25.5 Å². The van der Waals surface area contributed by atoms with Crippen LogP contribution in [0.3, 0.4) is 0 Å². The van der Waals surface area contributed by atoms with E-state index in [9.17, 15) is 22.7 Å². The van der Waals surface area contributed by atoms with Gasteiger partial charge in [-0.25, -0.2) is 27.5 Å². The van der Waals surface area contributed by atoms with Gasteiger partial charge in [-0.3, -0.25) is 0 Å². The highest BCUT2D eigenvalue weighted by molar-refractivity contribution is 6.04. The van der Waals surface area contributed by atoms with Crippen molar-refractivity contribution < 1.29 is 41.8 Å². The number of benzene rings is 4. The number of hydrogen-bond donors (Lipinski definition) is 1. The maximum absolute atomic E-state index is 13.9. The minimum atomic E-state index is -1.48. The molecule has 0 spiro atoms. The molecule has 0 aliphatic carbocycles. The molecule has 2 fully saturated rings. The third kappa shape index (κ3) is 9.05. The van der Waals surface area contributed by atoms with E-state index in [-0.39, 0.29) is 25.6 Å². The third-order valence-electron chi connectivity index (χ3n) is 12.6. The molecule has 17 heteroatoms. The van der Waals surface area contributed by atoms with E-state index in [1.807, 2.05) is 82.7 Å². The van der Waals surface area contributed by atoms with Crippen LogP contribution in [0.5, 0.6) is 11.5 Å². The van der Waals surface area contributed by atoms with Crippen molar-refractivity contribution in [3.05, 3.63) is 166 Å². The zero-order valence-electron chi connectivity index (χ0n) is 38.0. The highest BCUT2D eigenvalue weighted by Gasteiger charge is 2.46. The molecule has 0 saturated carbocycles. The molecule has 68 heavy (non-hydrogen) atoms. The second-order valence-electron chi connectivity index (χ2n) is 17.0. The topological polar surface area (TPSA) is 124 Å². The first-order chi connectivity index (χ1) is 33.0. The number of aromatic nitrogens is 4. The zero-order valence-corrected chi connectivity index (χ0v) is 38.0. The van der Waals surface area contributed by atoms with E-state index < -0.39 is 29.0 Å². The average Bonchev–Trinajstić information content (AvgIpc) is 4.00. The summed E-state index contributed by atoms with van der Waals surface area (Å²) in [5.74, 6) is -1.49. The maximum atomic E-state index is 13.9. The van der Waals surface area contributed by atoms with E-state index in [2.05, 4.69) is 31.3 Å². The standard InChI is InChI=1S/C26H27FN4O3.C25H23F3N4O2/c1-18-14-30(17-28-18)23-10-5-19(13-24(23)33-2)12-20-4-3-11-31-25(20)29-34-16-26(31,15-32)21-6-8-22(27)9-7-21;1-15-12-31(14-29-15)21-6-5-16(9-23(21)33-2)8-17-4-3-7-32-22(13-34-30-25(17)32)18-10-19(26)24(28)20(27)11-18/h5-10,12-14,17,32H,3-4,11,15-16H2,1-2H3;5-6,8-12,14,22H,3-4,7,13H2,1-2H3/b20-12+;17-8+. The molecule has 2 unspecified atom stereocenters. The van der Waals surface area contributed by atoms with Gasteiger partial charge in [0.05, 0.1) is 62.3 Å². The van der Waals surface area contributed by atoms with Gasteiger partial charge in [0.15, 0.2) is 29.1 Å². The minimum Gasteiger partial charge on any atom is -0.495 e. The molecular formula is C51H50F4N8O5. The number of aliphatic hydroxyl groups excluding tert-OH is 1. The monoisotopic (exact) mass is 930 g/mol. The smallest absolute Gasteiger partial charge is 0.194 e. The molecule has 4 aliphatic heterocycles. The molecule has 2 saturated heterocycles. The van der Waals surface area contributed by atoms with Gasteiger partial charge >= 0.3 is 0 Å². The first-order valence-electron chi connectivity index (χ1n) is 22.2. The van der Waals surface area contributed by atoms with Crippen molar-refractivity contribution in [3.8, 4) is 22.9 Å². The Morgan fingerprint density at radius 2 is 1.28 bits per heavy atom. The average molecular weight is 931 g/mol. The summed E-state index contributed by atoms with van der Waals surface area (Å²) in [5.41, 5.74) is 7.74. The van der Waals surface area contributed by atoms with Crippen molar-refractivity contribution in [2.45, 2.75) is 51.1 Å². The lowest BCUT2D eigenvalue weighted by Gasteiger charge is -2.48. The van der Waals surface area contributed by atoms with Crippen molar-refractivity contribution in [3.63, 3.8) is 0 Å². The Bertz CT molecular complexity index is 2920. The second-order valence-corrected chi connectivity index (χ2v) is 17.0. The number of methoxy groups -OCH3 is 2. The Morgan fingerprint density at radius 3 is 1.82 bits per heavy atom. The first-order valence-corrected chi connectivity index (χ1v) is 22.2. The summed E-state index contributed by atoms with van der Waals surface area (Å²) in [4.78, 5) is 23.7. The third-order valence-corrected chi connectivity index (χ3v) is 12.6. The Labute approximate surface area is 390 Å². The molecular weight excluding hydrogens is 881 g/mol. The van der Waals surface area contributed by atoms with Gasteiger partial charge < -0.3 is 43.2 Å². The van der Waals surface area contributed by atoms with E-state index in [1.165, 1.54) is 12.1 Å². The van der Waals surface area contributed by atoms with Gasteiger partial charge in [0.1, 0.15) is 36.1 Å². The lowest BCUT2D eigenvalue weighted by atomic mass is 9.85. The predicted molar refractivity (Wildman–Crippen MR) is 249 cm³/mol. The summed E-state index contributed by atoms with van der Waals surface area (Å²) < 4.78 is 69.9. The molecule has 6 aromatic rings. The van der Waals surface area contributed by atoms with Crippen LogP contribution in [0.4, 0.5) is 17.6 Å². The molecule has 10 rings (SSSR count). The summed E-state index contributed by atoms with van der Waals surface area (Å²) in [6.07, 6.45) is 14.8. The van der Waals surface area contributed by atoms with Gasteiger partial charge in [0.2, 0.25) is 0 Å². The second kappa shape index (κ2) is 19.4. The predicted octanol–water partition coefficient (Wildman–Crippen LogP) is 9.21. The van der Waals surface area contributed by atoms with Gasteiger partial charge in [-0.05, 0) is 134 Å². The highest BCUT2D eigenvalue weighted by atomic mass is 19.2. The van der Waals surface area contributed by atoms with E-state index in [4.69, 9.17) is 19.1 Å². The van der Waals surface area contributed by atoms with Gasteiger partial charge in [-0.1, -0.05) is 34.6 Å². The fraction of sp³-hybridized carbons (Fsp3) is 0.294. The number of ether oxygens (including phenoxy) is 2. The molecule has 4 aromatic carbocycles. The lowest BCUT2D eigenvalue weighted by Crippen LogP contribution is -2.59. The summed E-state index contributed by atoms with van der Waals surface area (Å²) in [7, 11) is 3.27. The number of amidine groups is 2. The quantitative estimate of drug-likeness (QED) is 0.112. The highest BCUT2D eigenvalue weighted by Crippen LogP contribution is 2.39. The maximum Gasteiger partial charge on any atom is 0.194 e. The van der Waals surface area contributed by atoms with E-state index in [0.717, 1.165) is 101 Å². The molecule has 0 amide bonds. The molecule has 13 nitrogen and oxygen atoms in total. The van der Waals surface area contributed by atoms with E-state index in [1.54, 1.807) is 39.0 Å². The van der Waals surface area contributed by atoms with E-state index >= 15 is 0 Å². The molecule has 352 valence electrons. The number of fused-ring (bicyclic) bond motifs is 2.